The van der Waals surface area contributed by atoms with Crippen molar-refractivity contribution < 1.29 is 0 Å². The van der Waals surface area contributed by atoms with Gasteiger partial charge in [0.15, 0.2) is 0 Å². The Labute approximate surface area is 197 Å². The monoisotopic (exact) mass is 468 g/mol. The molecule has 2 heterocycles. The van der Waals surface area contributed by atoms with Gasteiger partial charge in [-0.15, -0.1) is 0 Å². The summed E-state index contributed by atoms with van der Waals surface area (Å²) < 4.78 is 1.54. The van der Waals surface area contributed by atoms with E-state index in [2.05, 4.69) is 29.2 Å². The number of nitrogens with two attached hydrogens (primary N) is 1. The molecule has 2 aromatic carbocycles. The van der Waals surface area contributed by atoms with Gasteiger partial charge in [-0.1, -0.05) is 53.5 Å². The highest BCUT2D eigenvalue weighted by Gasteiger charge is 2.46. The zero-order valence-electron chi connectivity index (χ0n) is 18.2. The molecular formula is C25H26Cl2N4O. The van der Waals surface area contributed by atoms with Crippen molar-refractivity contribution in [2.45, 2.75) is 44.6 Å². The van der Waals surface area contributed by atoms with Crippen molar-refractivity contribution in [2.24, 2.45) is 5.73 Å². The number of rotatable bonds is 2. The molecule has 1 saturated heterocycles. The van der Waals surface area contributed by atoms with Crippen molar-refractivity contribution in [1.29, 1.82) is 0 Å². The number of aryl methyl sites for hydroxylation is 1. The van der Waals surface area contributed by atoms with Crippen LogP contribution in [0.25, 0.3) is 5.69 Å². The van der Waals surface area contributed by atoms with E-state index in [0.717, 1.165) is 38.2 Å². The van der Waals surface area contributed by atoms with Gasteiger partial charge in [-0.3, -0.25) is 9.36 Å². The van der Waals surface area contributed by atoms with Gasteiger partial charge in [-0.2, -0.15) is 0 Å². The van der Waals surface area contributed by atoms with E-state index in [1.54, 1.807) is 22.8 Å². The molecule has 1 aromatic heterocycles. The maximum atomic E-state index is 13.4. The molecule has 1 spiro atoms. The van der Waals surface area contributed by atoms with Gasteiger partial charge < -0.3 is 10.6 Å². The lowest BCUT2D eigenvalue weighted by Gasteiger charge is -2.43. The van der Waals surface area contributed by atoms with Gasteiger partial charge in [-0.25, -0.2) is 4.98 Å². The number of halogens is 2. The first-order valence-electron chi connectivity index (χ1n) is 11.0. The van der Waals surface area contributed by atoms with E-state index >= 15 is 0 Å². The van der Waals surface area contributed by atoms with Crippen molar-refractivity contribution in [3.05, 3.63) is 85.4 Å². The van der Waals surface area contributed by atoms with E-state index in [4.69, 9.17) is 33.9 Å². The maximum Gasteiger partial charge on any atom is 0.263 e. The predicted octanol–water partition coefficient (Wildman–Crippen LogP) is 4.58. The lowest BCUT2D eigenvalue weighted by atomic mass is 9.71. The van der Waals surface area contributed by atoms with Gasteiger partial charge in [0.25, 0.3) is 5.56 Å². The second-order valence-corrected chi connectivity index (χ2v) is 9.72. The second-order valence-electron chi connectivity index (χ2n) is 8.93. The molecule has 166 valence electrons. The fraction of sp³-hybridized carbons (Fsp3) is 0.360. The van der Waals surface area contributed by atoms with Gasteiger partial charge in [0.2, 0.25) is 0 Å². The number of aromatic nitrogens is 2. The standard InChI is InChI=1S/C25H26Cl2N4O/c1-15-23(29-16(2)31(24(15)32)20-9-5-8-19(26)22(20)27)30-12-10-25(11-13-30)18-7-4-3-6-17(18)14-21(25)28/h3-9,21H,10-14,28H2,1-2H3/t21-/m1/s1. The molecule has 2 aliphatic rings. The fourth-order valence-corrected chi connectivity index (χ4v) is 5.91. The van der Waals surface area contributed by atoms with Crippen LogP contribution in [0, 0.1) is 13.8 Å². The molecule has 0 saturated carbocycles. The summed E-state index contributed by atoms with van der Waals surface area (Å²) in [6.07, 6.45) is 2.84. The number of piperidine rings is 1. The van der Waals surface area contributed by atoms with E-state index in [1.807, 2.05) is 13.8 Å². The summed E-state index contributed by atoms with van der Waals surface area (Å²) in [5.41, 5.74) is 10.5. The first-order chi connectivity index (χ1) is 15.3. The molecule has 32 heavy (non-hydrogen) atoms. The molecule has 0 radical (unpaired) electrons. The molecule has 0 amide bonds. The first-order valence-corrected chi connectivity index (χ1v) is 11.7. The predicted molar refractivity (Wildman–Crippen MR) is 131 cm³/mol. The van der Waals surface area contributed by atoms with Crippen molar-refractivity contribution in [3.63, 3.8) is 0 Å². The third kappa shape index (κ3) is 3.18. The minimum Gasteiger partial charge on any atom is -0.356 e. The largest absolute Gasteiger partial charge is 0.356 e. The molecule has 5 nitrogen and oxygen atoms in total. The molecule has 5 rings (SSSR count). The second kappa shape index (κ2) is 7.91. The van der Waals surface area contributed by atoms with Crippen LogP contribution in [-0.4, -0.2) is 28.7 Å². The van der Waals surface area contributed by atoms with Crippen molar-refractivity contribution in [2.75, 3.05) is 18.0 Å². The number of hydrogen-bond acceptors (Lipinski definition) is 4. The quantitative estimate of drug-likeness (QED) is 0.597. The van der Waals surface area contributed by atoms with Crippen molar-refractivity contribution in [3.8, 4) is 5.69 Å². The van der Waals surface area contributed by atoms with Crippen LogP contribution in [0.2, 0.25) is 10.0 Å². The number of hydrogen-bond donors (Lipinski definition) is 1. The first kappa shape index (κ1) is 21.5. The summed E-state index contributed by atoms with van der Waals surface area (Å²) in [7, 11) is 0. The topological polar surface area (TPSA) is 64.2 Å². The Bertz CT molecular complexity index is 1260. The zero-order valence-corrected chi connectivity index (χ0v) is 19.7. The van der Waals surface area contributed by atoms with Crippen molar-refractivity contribution >= 4 is 29.0 Å². The Hall–Kier alpha value is -2.34. The summed E-state index contributed by atoms with van der Waals surface area (Å²) in [4.78, 5) is 20.4. The van der Waals surface area contributed by atoms with Crippen molar-refractivity contribution in [1.82, 2.24) is 9.55 Å². The van der Waals surface area contributed by atoms with Gasteiger partial charge in [0.1, 0.15) is 11.6 Å². The summed E-state index contributed by atoms with van der Waals surface area (Å²) in [5, 5.41) is 0.758. The van der Waals surface area contributed by atoms with E-state index in [0.29, 0.717) is 27.1 Å². The normalized spacial score (nSPS) is 19.4. The Kier molecular flexibility index (Phi) is 5.31. The molecule has 1 fully saturated rings. The average molecular weight is 469 g/mol. The fourth-order valence-electron chi connectivity index (χ4n) is 5.53. The van der Waals surface area contributed by atoms with Gasteiger partial charge in [0.05, 0.1) is 21.3 Å². The van der Waals surface area contributed by atoms with E-state index < -0.39 is 0 Å². The van der Waals surface area contributed by atoms with Crippen LogP contribution in [-0.2, 0) is 11.8 Å². The average Bonchev–Trinajstić information content (AvgIpc) is 3.05. The molecule has 0 unspecified atom stereocenters. The molecule has 2 N–H and O–H groups in total. The van der Waals surface area contributed by atoms with E-state index in [-0.39, 0.29) is 17.0 Å². The Morgan fingerprint density at radius 1 is 1.06 bits per heavy atom. The van der Waals surface area contributed by atoms with Crippen LogP contribution in [0.15, 0.2) is 47.3 Å². The van der Waals surface area contributed by atoms with Crippen LogP contribution in [0.1, 0.15) is 35.4 Å². The Morgan fingerprint density at radius 3 is 2.53 bits per heavy atom. The van der Waals surface area contributed by atoms with Crippen LogP contribution in [0.5, 0.6) is 0 Å². The molecule has 1 aliphatic carbocycles. The summed E-state index contributed by atoms with van der Waals surface area (Å²) >= 11 is 12.6. The summed E-state index contributed by atoms with van der Waals surface area (Å²) in [5.74, 6) is 1.33. The van der Waals surface area contributed by atoms with Crippen LogP contribution in [0.3, 0.4) is 0 Å². The smallest absolute Gasteiger partial charge is 0.263 e. The summed E-state index contributed by atoms with van der Waals surface area (Å²) in [6.45, 7) is 5.30. The van der Waals surface area contributed by atoms with Crippen LogP contribution < -0.4 is 16.2 Å². The van der Waals surface area contributed by atoms with Crippen LogP contribution in [0.4, 0.5) is 5.82 Å². The molecular weight excluding hydrogens is 443 g/mol. The van der Waals surface area contributed by atoms with E-state index in [1.165, 1.54) is 11.1 Å². The lowest BCUT2D eigenvalue weighted by molar-refractivity contribution is 0.291. The van der Waals surface area contributed by atoms with Gasteiger partial charge >= 0.3 is 0 Å². The van der Waals surface area contributed by atoms with Gasteiger partial charge in [0, 0.05) is 24.5 Å². The highest BCUT2D eigenvalue weighted by atomic mass is 35.5. The molecule has 1 atom stereocenters. The zero-order chi connectivity index (χ0) is 22.6. The maximum absolute atomic E-state index is 13.4. The molecule has 3 aromatic rings. The van der Waals surface area contributed by atoms with Gasteiger partial charge in [-0.05, 0) is 56.4 Å². The highest BCUT2D eigenvalue weighted by molar-refractivity contribution is 6.43. The Balaban J connectivity index is 1.48. The minimum absolute atomic E-state index is 0.0132. The third-order valence-corrected chi connectivity index (χ3v) is 8.09. The Morgan fingerprint density at radius 2 is 1.78 bits per heavy atom. The van der Waals surface area contributed by atoms with E-state index in [9.17, 15) is 4.79 Å². The number of anilines is 1. The number of benzene rings is 2. The van der Waals surface area contributed by atoms with Crippen LogP contribution >= 0.6 is 23.2 Å². The molecule has 0 bridgehead atoms. The highest BCUT2D eigenvalue weighted by Crippen LogP contribution is 2.46. The molecule has 1 aliphatic heterocycles. The SMILES string of the molecule is Cc1c(N2CCC3(CC2)c2ccccc2C[C@H]3N)nc(C)n(-c2cccc(Cl)c2Cl)c1=O. The minimum atomic E-state index is -0.125. The summed E-state index contributed by atoms with van der Waals surface area (Å²) in [6, 6.07) is 14.1. The third-order valence-electron chi connectivity index (χ3n) is 7.28. The number of fused-ring (bicyclic) bond motifs is 2. The molecule has 7 heteroatoms. The number of nitrogens with zero attached hydrogens (tertiary/aromatic N) is 3. The lowest BCUT2D eigenvalue weighted by Crippen LogP contribution is -2.51.